The van der Waals surface area contributed by atoms with Crippen LogP contribution in [0.15, 0.2) is 0 Å². The van der Waals surface area contributed by atoms with E-state index in [-0.39, 0.29) is 0 Å². The highest BCUT2D eigenvalue weighted by Crippen LogP contribution is 2.20. The Morgan fingerprint density at radius 3 is 2.93 bits per heavy atom. The summed E-state index contributed by atoms with van der Waals surface area (Å²) >= 11 is 0. The summed E-state index contributed by atoms with van der Waals surface area (Å²) in [6.45, 7) is 4.54. The summed E-state index contributed by atoms with van der Waals surface area (Å²) in [7, 11) is 1.68. The van der Waals surface area contributed by atoms with Crippen molar-refractivity contribution in [3.63, 3.8) is 0 Å². The van der Waals surface area contributed by atoms with Crippen molar-refractivity contribution in [2.24, 2.45) is 5.92 Å². The molecule has 1 aliphatic heterocycles. The molecule has 1 atom stereocenters. The van der Waals surface area contributed by atoms with Gasteiger partial charge in [-0.2, -0.15) is 0 Å². The van der Waals surface area contributed by atoms with Gasteiger partial charge in [0, 0.05) is 26.6 Å². The van der Waals surface area contributed by atoms with Crippen LogP contribution in [-0.4, -0.2) is 37.6 Å². The number of methoxy groups -OCH3 is 1. The first kappa shape index (κ1) is 11.5. The number of nitrogens with zero attached hydrogens (tertiary/aromatic N) is 1. The molecule has 82 valence electrons. The first-order chi connectivity index (χ1) is 6.77. The Morgan fingerprint density at radius 2 is 2.29 bits per heavy atom. The number of rotatable bonds is 4. The maximum atomic E-state index is 11.7. The Balaban J connectivity index is 2.39. The molecule has 1 rings (SSSR count). The Morgan fingerprint density at radius 1 is 1.50 bits per heavy atom. The maximum absolute atomic E-state index is 11.7. The van der Waals surface area contributed by atoms with Crippen LogP contribution < -0.4 is 0 Å². The fraction of sp³-hybridized carbons (Fsp3) is 0.909. The Bertz CT molecular complexity index is 182. The van der Waals surface area contributed by atoms with Crippen LogP contribution in [0.2, 0.25) is 0 Å². The summed E-state index contributed by atoms with van der Waals surface area (Å²) in [5.74, 6) is 1.05. The topological polar surface area (TPSA) is 29.5 Å². The van der Waals surface area contributed by atoms with Crippen LogP contribution in [0.4, 0.5) is 0 Å². The van der Waals surface area contributed by atoms with Crippen LogP contribution in [0.3, 0.4) is 0 Å². The predicted molar refractivity (Wildman–Crippen MR) is 56.1 cm³/mol. The zero-order chi connectivity index (χ0) is 10.4. The van der Waals surface area contributed by atoms with Gasteiger partial charge in [-0.25, -0.2) is 0 Å². The molecule has 1 saturated heterocycles. The van der Waals surface area contributed by atoms with E-state index >= 15 is 0 Å². The quantitative estimate of drug-likeness (QED) is 0.689. The number of ether oxygens (including phenoxy) is 1. The fourth-order valence-electron chi connectivity index (χ4n) is 1.94. The summed E-state index contributed by atoms with van der Waals surface area (Å²) in [5.41, 5.74) is 0. The molecule has 0 saturated carbocycles. The molecule has 3 heteroatoms. The Kier molecular flexibility index (Phi) is 4.94. The molecule has 1 fully saturated rings. The van der Waals surface area contributed by atoms with Gasteiger partial charge in [0.25, 0.3) is 0 Å². The molecule has 1 amide bonds. The van der Waals surface area contributed by atoms with E-state index in [2.05, 4.69) is 6.92 Å². The van der Waals surface area contributed by atoms with Crippen LogP contribution >= 0.6 is 0 Å². The zero-order valence-corrected chi connectivity index (χ0v) is 9.29. The van der Waals surface area contributed by atoms with Crippen molar-refractivity contribution >= 4 is 5.91 Å². The summed E-state index contributed by atoms with van der Waals surface area (Å²) in [6.07, 6.45) is 4.15. The molecule has 1 aliphatic rings. The van der Waals surface area contributed by atoms with Gasteiger partial charge in [-0.1, -0.05) is 13.3 Å². The van der Waals surface area contributed by atoms with E-state index in [9.17, 15) is 4.79 Å². The first-order valence-corrected chi connectivity index (χ1v) is 5.54. The van der Waals surface area contributed by atoms with Gasteiger partial charge in [-0.15, -0.1) is 0 Å². The lowest BCUT2D eigenvalue weighted by atomic mass is 9.98. The molecule has 1 unspecified atom stereocenters. The third-order valence-electron chi connectivity index (χ3n) is 3.07. The van der Waals surface area contributed by atoms with Crippen LogP contribution in [0.5, 0.6) is 0 Å². The van der Waals surface area contributed by atoms with E-state index in [0.717, 1.165) is 38.3 Å². The van der Waals surface area contributed by atoms with Gasteiger partial charge in [0.2, 0.25) is 5.91 Å². The standard InChI is InChI=1S/C11H21NO2/c1-3-10-4-5-11(13)12(7-6-10)8-9-14-2/h10H,3-9H2,1-2H3. The van der Waals surface area contributed by atoms with E-state index in [1.165, 1.54) is 6.42 Å². The van der Waals surface area contributed by atoms with Crippen molar-refractivity contribution in [2.75, 3.05) is 26.8 Å². The summed E-state index contributed by atoms with van der Waals surface area (Å²) in [4.78, 5) is 13.6. The lowest BCUT2D eigenvalue weighted by molar-refractivity contribution is -0.131. The molecular formula is C11H21NO2. The summed E-state index contributed by atoms with van der Waals surface area (Å²) in [6, 6.07) is 0. The van der Waals surface area contributed by atoms with Crippen molar-refractivity contribution in [1.82, 2.24) is 4.90 Å². The minimum absolute atomic E-state index is 0.304. The average Bonchev–Trinajstić information content (AvgIpc) is 2.38. The van der Waals surface area contributed by atoms with Crippen molar-refractivity contribution in [2.45, 2.75) is 32.6 Å². The van der Waals surface area contributed by atoms with Crippen molar-refractivity contribution in [1.29, 1.82) is 0 Å². The monoisotopic (exact) mass is 199 g/mol. The normalized spacial score (nSPS) is 23.7. The molecule has 0 bridgehead atoms. The van der Waals surface area contributed by atoms with Gasteiger partial charge in [0.05, 0.1) is 6.61 Å². The van der Waals surface area contributed by atoms with Crippen molar-refractivity contribution in [3.8, 4) is 0 Å². The molecule has 0 N–H and O–H groups in total. The van der Waals surface area contributed by atoms with Crippen LogP contribution in [-0.2, 0) is 9.53 Å². The van der Waals surface area contributed by atoms with Crippen molar-refractivity contribution in [3.05, 3.63) is 0 Å². The van der Waals surface area contributed by atoms with E-state index in [1.807, 2.05) is 4.90 Å². The molecule has 0 aromatic heterocycles. The van der Waals surface area contributed by atoms with Crippen LogP contribution in [0, 0.1) is 5.92 Å². The first-order valence-electron chi connectivity index (χ1n) is 5.54. The van der Waals surface area contributed by atoms with Crippen LogP contribution in [0.1, 0.15) is 32.6 Å². The lowest BCUT2D eigenvalue weighted by Gasteiger charge is -2.20. The number of hydrogen-bond donors (Lipinski definition) is 0. The number of likely N-dealkylation sites (tertiary alicyclic amines) is 1. The average molecular weight is 199 g/mol. The highest BCUT2D eigenvalue weighted by molar-refractivity contribution is 5.76. The summed E-state index contributed by atoms with van der Waals surface area (Å²) < 4.78 is 4.99. The second kappa shape index (κ2) is 6.02. The largest absolute Gasteiger partial charge is 0.383 e. The third-order valence-corrected chi connectivity index (χ3v) is 3.07. The van der Waals surface area contributed by atoms with E-state index in [1.54, 1.807) is 7.11 Å². The molecule has 0 spiro atoms. The highest BCUT2D eigenvalue weighted by Gasteiger charge is 2.20. The molecule has 3 nitrogen and oxygen atoms in total. The minimum atomic E-state index is 0.304. The van der Waals surface area contributed by atoms with Gasteiger partial charge < -0.3 is 9.64 Å². The molecule has 1 heterocycles. The number of carbonyl (C=O) groups is 1. The zero-order valence-electron chi connectivity index (χ0n) is 9.29. The molecule has 0 radical (unpaired) electrons. The highest BCUT2D eigenvalue weighted by atomic mass is 16.5. The molecule has 0 aromatic carbocycles. The SMILES string of the molecule is CCC1CCC(=O)N(CCOC)CC1. The number of carbonyl (C=O) groups excluding carboxylic acids is 1. The predicted octanol–water partition coefficient (Wildman–Crippen LogP) is 1.67. The molecule has 0 aromatic rings. The van der Waals surface area contributed by atoms with Gasteiger partial charge in [0.15, 0.2) is 0 Å². The second-order valence-corrected chi connectivity index (χ2v) is 3.98. The second-order valence-electron chi connectivity index (χ2n) is 3.98. The smallest absolute Gasteiger partial charge is 0.222 e. The fourth-order valence-corrected chi connectivity index (χ4v) is 1.94. The van der Waals surface area contributed by atoms with Gasteiger partial charge in [0.1, 0.15) is 0 Å². The number of hydrogen-bond acceptors (Lipinski definition) is 2. The van der Waals surface area contributed by atoms with E-state index in [0.29, 0.717) is 12.5 Å². The Hall–Kier alpha value is -0.570. The molecule has 14 heavy (non-hydrogen) atoms. The summed E-state index contributed by atoms with van der Waals surface area (Å²) in [5, 5.41) is 0. The minimum Gasteiger partial charge on any atom is -0.383 e. The maximum Gasteiger partial charge on any atom is 0.222 e. The van der Waals surface area contributed by atoms with E-state index < -0.39 is 0 Å². The Labute approximate surface area is 86.4 Å². The molecule has 0 aliphatic carbocycles. The van der Waals surface area contributed by atoms with E-state index in [4.69, 9.17) is 4.74 Å². The third kappa shape index (κ3) is 3.29. The number of amides is 1. The van der Waals surface area contributed by atoms with Crippen LogP contribution in [0.25, 0.3) is 0 Å². The van der Waals surface area contributed by atoms with Gasteiger partial charge >= 0.3 is 0 Å². The molecular weight excluding hydrogens is 178 g/mol. The van der Waals surface area contributed by atoms with Gasteiger partial charge in [-0.3, -0.25) is 4.79 Å². The lowest BCUT2D eigenvalue weighted by Crippen LogP contribution is -2.33. The van der Waals surface area contributed by atoms with Gasteiger partial charge in [-0.05, 0) is 18.8 Å². The van der Waals surface area contributed by atoms with Crippen molar-refractivity contribution < 1.29 is 9.53 Å².